The molecule has 19 heavy (non-hydrogen) atoms. The monoisotopic (exact) mass is 280 g/mol. The Morgan fingerprint density at radius 2 is 1.95 bits per heavy atom. The zero-order valence-corrected chi connectivity index (χ0v) is 12.9. The van der Waals surface area contributed by atoms with Crippen LogP contribution in [0, 0.1) is 0 Å². The van der Waals surface area contributed by atoms with Crippen LogP contribution in [0.5, 0.6) is 0 Å². The van der Waals surface area contributed by atoms with E-state index in [0.717, 1.165) is 29.8 Å². The molecule has 106 valence electrons. The van der Waals surface area contributed by atoms with Gasteiger partial charge in [-0.05, 0) is 32.4 Å². The highest BCUT2D eigenvalue weighted by Crippen LogP contribution is 2.32. The molecule has 1 aromatic rings. The van der Waals surface area contributed by atoms with Gasteiger partial charge in [0.1, 0.15) is 11.6 Å². The molecule has 5 heteroatoms. The van der Waals surface area contributed by atoms with E-state index in [1.165, 1.54) is 25.7 Å². The summed E-state index contributed by atoms with van der Waals surface area (Å²) in [6.45, 7) is 5.39. The van der Waals surface area contributed by atoms with E-state index in [9.17, 15) is 0 Å². The molecule has 0 unspecified atom stereocenters. The minimum atomic E-state index is 0.200. The highest BCUT2D eigenvalue weighted by atomic mass is 32.2. The van der Waals surface area contributed by atoms with Gasteiger partial charge in [-0.15, -0.1) is 0 Å². The van der Waals surface area contributed by atoms with Gasteiger partial charge in [-0.25, -0.2) is 9.97 Å². The first-order chi connectivity index (χ1) is 9.15. The van der Waals surface area contributed by atoms with Gasteiger partial charge in [0, 0.05) is 18.2 Å². The van der Waals surface area contributed by atoms with Gasteiger partial charge in [0.25, 0.3) is 0 Å². The van der Waals surface area contributed by atoms with Crippen molar-refractivity contribution >= 4 is 23.4 Å². The smallest absolute Gasteiger partial charge is 0.191 e. The first-order valence-electron chi connectivity index (χ1n) is 7.10. The molecule has 0 aromatic carbocycles. The molecule has 0 spiro atoms. The van der Waals surface area contributed by atoms with E-state index in [-0.39, 0.29) is 5.54 Å². The van der Waals surface area contributed by atoms with Gasteiger partial charge >= 0.3 is 0 Å². The average Bonchev–Trinajstić information content (AvgIpc) is 2.82. The lowest BCUT2D eigenvalue weighted by Crippen LogP contribution is -2.31. The van der Waals surface area contributed by atoms with E-state index in [0.29, 0.717) is 0 Å². The second-order valence-corrected chi connectivity index (χ2v) is 6.22. The largest absolute Gasteiger partial charge is 0.370 e. The zero-order valence-electron chi connectivity index (χ0n) is 12.1. The van der Waals surface area contributed by atoms with Crippen LogP contribution in [0.1, 0.15) is 46.0 Å². The molecular weight excluding hydrogens is 256 g/mol. The van der Waals surface area contributed by atoms with E-state index in [2.05, 4.69) is 34.4 Å². The number of hydrogen-bond donors (Lipinski definition) is 2. The molecular formula is C14H24N4S. The topological polar surface area (TPSA) is 49.8 Å². The number of nitrogens with zero attached hydrogens (tertiary/aromatic N) is 2. The lowest BCUT2D eigenvalue weighted by Gasteiger charge is -2.26. The number of rotatable bonds is 6. The van der Waals surface area contributed by atoms with Crippen LogP contribution in [0.25, 0.3) is 0 Å². The lowest BCUT2D eigenvalue weighted by molar-refractivity contribution is 0.530. The molecule has 0 aliphatic heterocycles. The Labute approximate surface area is 120 Å². The van der Waals surface area contributed by atoms with E-state index in [1.807, 2.05) is 12.3 Å². The van der Waals surface area contributed by atoms with Crippen LogP contribution in [-0.2, 0) is 0 Å². The van der Waals surface area contributed by atoms with Crippen molar-refractivity contribution in [2.75, 3.05) is 23.4 Å². The molecule has 1 aliphatic carbocycles. The maximum Gasteiger partial charge on any atom is 0.191 e. The van der Waals surface area contributed by atoms with Crippen LogP contribution in [0.2, 0.25) is 0 Å². The van der Waals surface area contributed by atoms with Crippen molar-refractivity contribution in [3.05, 3.63) is 6.07 Å². The summed E-state index contributed by atoms with van der Waals surface area (Å²) < 4.78 is 0. The van der Waals surface area contributed by atoms with Crippen molar-refractivity contribution in [2.24, 2.45) is 0 Å². The number of nitrogens with one attached hydrogen (secondary N) is 2. The van der Waals surface area contributed by atoms with Gasteiger partial charge in [0.05, 0.1) is 0 Å². The molecule has 0 amide bonds. The van der Waals surface area contributed by atoms with Crippen LogP contribution in [0.4, 0.5) is 11.6 Å². The summed E-state index contributed by atoms with van der Waals surface area (Å²) in [6, 6.07) is 2.03. The van der Waals surface area contributed by atoms with Crippen LogP contribution in [0.15, 0.2) is 11.2 Å². The maximum atomic E-state index is 4.57. The average molecular weight is 280 g/mol. The molecule has 0 atom stereocenters. The minimum absolute atomic E-state index is 0.200. The highest BCUT2D eigenvalue weighted by molar-refractivity contribution is 7.98. The molecule has 1 heterocycles. The molecule has 0 radical (unpaired) electrons. The van der Waals surface area contributed by atoms with Gasteiger partial charge in [0.15, 0.2) is 5.16 Å². The fraction of sp³-hybridized carbons (Fsp3) is 0.714. The zero-order chi connectivity index (χ0) is 13.7. The SMILES string of the molecule is CCCNc1cc(NC2(C)CCCC2)nc(SC)n1. The summed E-state index contributed by atoms with van der Waals surface area (Å²) in [5, 5.41) is 7.77. The Balaban J connectivity index is 2.14. The minimum Gasteiger partial charge on any atom is -0.370 e. The fourth-order valence-electron chi connectivity index (χ4n) is 2.51. The molecule has 1 saturated carbocycles. The first-order valence-corrected chi connectivity index (χ1v) is 8.33. The lowest BCUT2D eigenvalue weighted by atomic mass is 10.0. The predicted molar refractivity (Wildman–Crippen MR) is 83.1 cm³/mol. The number of anilines is 2. The van der Waals surface area contributed by atoms with Gasteiger partial charge in [0.2, 0.25) is 0 Å². The van der Waals surface area contributed by atoms with Crippen molar-refractivity contribution in [1.29, 1.82) is 0 Å². The Kier molecular flexibility index (Phi) is 4.91. The van der Waals surface area contributed by atoms with Crippen molar-refractivity contribution in [2.45, 2.75) is 56.6 Å². The predicted octanol–water partition coefficient (Wildman–Crippen LogP) is 3.77. The van der Waals surface area contributed by atoms with Crippen LogP contribution >= 0.6 is 11.8 Å². The summed E-state index contributed by atoms with van der Waals surface area (Å²) in [5.41, 5.74) is 0.200. The molecule has 1 fully saturated rings. The third kappa shape index (κ3) is 4.00. The first kappa shape index (κ1) is 14.4. The third-order valence-corrected chi connectivity index (χ3v) is 4.13. The van der Waals surface area contributed by atoms with Crippen molar-refractivity contribution in [3.8, 4) is 0 Å². The van der Waals surface area contributed by atoms with Crippen molar-refractivity contribution < 1.29 is 0 Å². The van der Waals surface area contributed by atoms with Gasteiger partial charge in [-0.1, -0.05) is 31.5 Å². The molecule has 4 nitrogen and oxygen atoms in total. The highest BCUT2D eigenvalue weighted by Gasteiger charge is 2.28. The van der Waals surface area contributed by atoms with Crippen LogP contribution < -0.4 is 10.6 Å². The Bertz CT molecular complexity index is 416. The molecule has 2 rings (SSSR count). The number of thioether (sulfide) groups is 1. The maximum absolute atomic E-state index is 4.57. The molecule has 2 N–H and O–H groups in total. The normalized spacial score (nSPS) is 17.4. The Morgan fingerprint density at radius 1 is 1.26 bits per heavy atom. The fourth-order valence-corrected chi connectivity index (χ4v) is 2.89. The summed E-state index contributed by atoms with van der Waals surface area (Å²) in [6.07, 6.45) is 8.18. The van der Waals surface area contributed by atoms with E-state index >= 15 is 0 Å². The van der Waals surface area contributed by atoms with Crippen molar-refractivity contribution in [1.82, 2.24) is 9.97 Å². The van der Waals surface area contributed by atoms with Crippen LogP contribution in [0.3, 0.4) is 0 Å². The molecule has 0 bridgehead atoms. The number of aromatic nitrogens is 2. The molecule has 1 aromatic heterocycles. The van der Waals surface area contributed by atoms with Crippen molar-refractivity contribution in [3.63, 3.8) is 0 Å². The number of hydrogen-bond acceptors (Lipinski definition) is 5. The van der Waals surface area contributed by atoms with Gasteiger partial charge in [-0.3, -0.25) is 0 Å². The van der Waals surface area contributed by atoms with Crippen LogP contribution in [-0.4, -0.2) is 28.3 Å². The summed E-state index contributed by atoms with van der Waals surface area (Å²) in [7, 11) is 0. The molecule has 1 aliphatic rings. The van der Waals surface area contributed by atoms with Gasteiger partial charge < -0.3 is 10.6 Å². The summed E-state index contributed by atoms with van der Waals surface area (Å²) in [5.74, 6) is 1.87. The second-order valence-electron chi connectivity index (χ2n) is 5.44. The van der Waals surface area contributed by atoms with Gasteiger partial charge in [-0.2, -0.15) is 0 Å². The van der Waals surface area contributed by atoms with E-state index in [4.69, 9.17) is 0 Å². The quantitative estimate of drug-likeness (QED) is 0.613. The van der Waals surface area contributed by atoms with E-state index in [1.54, 1.807) is 11.8 Å². The Hall–Kier alpha value is -0.970. The van der Waals surface area contributed by atoms with E-state index < -0.39 is 0 Å². The third-order valence-electron chi connectivity index (χ3n) is 3.58. The standard InChI is InChI=1S/C14H24N4S/c1-4-9-15-11-10-12(17-13(16-11)19-3)18-14(2)7-5-6-8-14/h10H,4-9H2,1-3H3,(H2,15,16,17,18). The summed E-state index contributed by atoms with van der Waals surface area (Å²) >= 11 is 1.59. The Morgan fingerprint density at radius 3 is 2.58 bits per heavy atom. The summed E-state index contributed by atoms with van der Waals surface area (Å²) in [4.78, 5) is 9.06. The second kappa shape index (κ2) is 6.46. The molecule has 0 saturated heterocycles.